The number of hydrogen-bond donors (Lipinski definition) is 2. The van der Waals surface area contributed by atoms with Gasteiger partial charge in [0.05, 0.1) is 5.71 Å². The van der Waals surface area contributed by atoms with Crippen LogP contribution in [0.5, 0.6) is 11.5 Å². The molecule has 4 rings (SSSR count). The smallest absolute Gasteiger partial charge is 0.307 e. The number of nitrogens with zero attached hydrogens (tertiary/aromatic N) is 1. The van der Waals surface area contributed by atoms with Crippen LogP contribution in [0.3, 0.4) is 0 Å². The number of ether oxygens (including phenoxy) is 2. The molecule has 0 spiro atoms. The molecule has 30 heavy (non-hydrogen) atoms. The molecule has 2 N–H and O–H groups in total. The lowest BCUT2D eigenvalue weighted by molar-refractivity contribution is 0.0925. The number of carbonyl (C=O) groups excluding carboxylic acids is 2. The lowest BCUT2D eigenvalue weighted by atomic mass is 10.1. The predicted molar refractivity (Wildman–Crippen MR) is 113 cm³/mol. The summed E-state index contributed by atoms with van der Waals surface area (Å²) in [4.78, 5) is 24.4. The van der Waals surface area contributed by atoms with Gasteiger partial charge in [0.2, 0.25) is 6.79 Å². The van der Waals surface area contributed by atoms with Crippen molar-refractivity contribution in [2.75, 3.05) is 12.1 Å². The molecule has 2 aromatic carbocycles. The Bertz CT molecular complexity index is 1140. The summed E-state index contributed by atoms with van der Waals surface area (Å²) < 4.78 is 16.2. The van der Waals surface area contributed by atoms with Gasteiger partial charge in [0.15, 0.2) is 21.9 Å². The maximum atomic E-state index is 12.5. The minimum absolute atomic E-state index is 0.153. The molecular weight excluding hydrogens is 454 g/mol. The van der Waals surface area contributed by atoms with E-state index in [2.05, 4.69) is 31.8 Å². The maximum Gasteiger partial charge on any atom is 0.307 e. The summed E-state index contributed by atoms with van der Waals surface area (Å²) in [6.07, 6.45) is 0. The Labute approximate surface area is 180 Å². The fourth-order valence-corrected chi connectivity index (χ4v) is 3.03. The molecule has 0 atom stereocenters. The molecule has 0 aliphatic carbocycles. The van der Waals surface area contributed by atoms with Crippen LogP contribution in [0.4, 0.5) is 5.69 Å². The number of amides is 2. The zero-order chi connectivity index (χ0) is 21.1. The number of hydrazone groups is 1. The Morgan fingerprint density at radius 3 is 2.40 bits per heavy atom. The van der Waals surface area contributed by atoms with E-state index in [9.17, 15) is 9.59 Å². The van der Waals surface area contributed by atoms with E-state index in [0.29, 0.717) is 33.1 Å². The van der Waals surface area contributed by atoms with Gasteiger partial charge in [0, 0.05) is 11.3 Å². The van der Waals surface area contributed by atoms with Gasteiger partial charge in [-0.2, -0.15) is 5.10 Å². The lowest BCUT2D eigenvalue weighted by Gasteiger charge is -2.07. The van der Waals surface area contributed by atoms with Crippen molar-refractivity contribution in [1.29, 1.82) is 0 Å². The minimum atomic E-state index is -0.451. The number of anilines is 1. The third kappa shape index (κ3) is 4.36. The van der Waals surface area contributed by atoms with Gasteiger partial charge in [-0.3, -0.25) is 9.59 Å². The molecule has 0 bridgehead atoms. The van der Waals surface area contributed by atoms with Crippen LogP contribution in [-0.2, 0) is 0 Å². The van der Waals surface area contributed by atoms with Crippen molar-refractivity contribution in [3.63, 3.8) is 0 Å². The monoisotopic (exact) mass is 469 g/mol. The lowest BCUT2D eigenvalue weighted by Crippen LogP contribution is -2.18. The fraction of sp³-hybridized carbons (Fsp3) is 0.0952. The Morgan fingerprint density at radius 1 is 0.933 bits per heavy atom. The number of halogens is 1. The van der Waals surface area contributed by atoms with E-state index in [1.165, 1.54) is 0 Å². The predicted octanol–water partition coefficient (Wildman–Crippen LogP) is 4.18. The molecule has 1 aromatic heterocycles. The molecule has 2 amide bonds. The van der Waals surface area contributed by atoms with Crippen LogP contribution >= 0.6 is 15.9 Å². The van der Waals surface area contributed by atoms with Crippen molar-refractivity contribution >= 4 is 39.1 Å². The first-order valence-corrected chi connectivity index (χ1v) is 9.70. The Balaban J connectivity index is 1.38. The number of furan rings is 1. The van der Waals surface area contributed by atoms with Crippen molar-refractivity contribution in [2.45, 2.75) is 6.92 Å². The summed E-state index contributed by atoms with van der Waals surface area (Å²) in [7, 11) is 0. The number of benzene rings is 2. The second-order valence-electron chi connectivity index (χ2n) is 6.34. The van der Waals surface area contributed by atoms with Crippen molar-refractivity contribution < 1.29 is 23.5 Å². The second-order valence-corrected chi connectivity index (χ2v) is 7.12. The van der Waals surface area contributed by atoms with Crippen LogP contribution in [0.1, 0.15) is 33.4 Å². The average Bonchev–Trinajstić information content (AvgIpc) is 3.40. The normalized spacial score (nSPS) is 12.5. The molecule has 9 heteroatoms. The number of nitrogens with one attached hydrogen (secondary N) is 2. The molecule has 1 aliphatic rings. The van der Waals surface area contributed by atoms with Gasteiger partial charge in [-0.05, 0) is 70.9 Å². The summed E-state index contributed by atoms with van der Waals surface area (Å²) in [5.41, 5.74) is 4.92. The molecule has 152 valence electrons. The molecule has 2 heterocycles. The first-order chi connectivity index (χ1) is 14.5. The van der Waals surface area contributed by atoms with E-state index < -0.39 is 5.91 Å². The standard InChI is InChI=1S/C21H16BrN3O5/c1-12(24-25-21(27)17-8-9-19(22)30-17)13-2-5-15(6-3-13)23-20(26)14-4-7-16-18(10-14)29-11-28-16/h2-10H,11H2,1H3,(H,23,26)(H,25,27)/b24-12+. The molecule has 0 radical (unpaired) electrons. The molecule has 1 aliphatic heterocycles. The fourth-order valence-electron chi connectivity index (χ4n) is 2.73. The average molecular weight is 470 g/mol. The third-order valence-corrected chi connectivity index (χ3v) is 4.74. The van der Waals surface area contributed by atoms with E-state index in [4.69, 9.17) is 13.9 Å². The van der Waals surface area contributed by atoms with Crippen LogP contribution in [-0.4, -0.2) is 24.3 Å². The topological polar surface area (TPSA) is 102 Å². The molecule has 0 unspecified atom stereocenters. The summed E-state index contributed by atoms with van der Waals surface area (Å²) in [6.45, 7) is 1.92. The van der Waals surface area contributed by atoms with Gasteiger partial charge < -0.3 is 19.2 Å². The van der Waals surface area contributed by atoms with E-state index in [0.717, 1.165) is 5.56 Å². The summed E-state index contributed by atoms with van der Waals surface area (Å²) in [5, 5.41) is 6.91. The number of rotatable bonds is 5. The van der Waals surface area contributed by atoms with Crippen LogP contribution < -0.4 is 20.2 Å². The quantitative estimate of drug-likeness (QED) is 0.431. The van der Waals surface area contributed by atoms with E-state index >= 15 is 0 Å². The van der Waals surface area contributed by atoms with E-state index in [-0.39, 0.29) is 18.5 Å². The van der Waals surface area contributed by atoms with Crippen molar-refractivity contribution in [1.82, 2.24) is 5.43 Å². The van der Waals surface area contributed by atoms with Gasteiger partial charge in [0.1, 0.15) is 0 Å². The summed E-state index contributed by atoms with van der Waals surface area (Å²) >= 11 is 3.14. The summed E-state index contributed by atoms with van der Waals surface area (Å²) in [5.74, 6) is 0.613. The van der Waals surface area contributed by atoms with Gasteiger partial charge >= 0.3 is 5.91 Å². The molecular formula is C21H16BrN3O5. The first kappa shape index (κ1) is 19.7. The molecule has 0 saturated heterocycles. The van der Waals surface area contributed by atoms with Crippen LogP contribution in [0.2, 0.25) is 0 Å². The number of hydrogen-bond acceptors (Lipinski definition) is 6. The van der Waals surface area contributed by atoms with Gasteiger partial charge in [0.25, 0.3) is 5.91 Å². The van der Waals surface area contributed by atoms with Crippen molar-refractivity contribution in [2.24, 2.45) is 5.10 Å². The molecule has 0 saturated carbocycles. The highest BCUT2D eigenvalue weighted by Gasteiger charge is 2.16. The van der Waals surface area contributed by atoms with E-state index in [1.54, 1.807) is 61.5 Å². The Morgan fingerprint density at radius 2 is 1.67 bits per heavy atom. The Kier molecular flexibility index (Phi) is 5.53. The van der Waals surface area contributed by atoms with Gasteiger partial charge in [-0.25, -0.2) is 5.43 Å². The molecule has 8 nitrogen and oxygen atoms in total. The summed E-state index contributed by atoms with van der Waals surface area (Å²) in [6, 6.07) is 15.3. The van der Waals surface area contributed by atoms with Crippen molar-refractivity contribution in [3.8, 4) is 11.5 Å². The van der Waals surface area contributed by atoms with Gasteiger partial charge in [-0.15, -0.1) is 0 Å². The zero-order valence-electron chi connectivity index (χ0n) is 15.8. The van der Waals surface area contributed by atoms with Crippen LogP contribution in [0, 0.1) is 0 Å². The highest BCUT2D eigenvalue weighted by molar-refractivity contribution is 9.10. The zero-order valence-corrected chi connectivity index (χ0v) is 17.4. The highest BCUT2D eigenvalue weighted by atomic mass is 79.9. The highest BCUT2D eigenvalue weighted by Crippen LogP contribution is 2.32. The van der Waals surface area contributed by atoms with Crippen LogP contribution in [0.15, 0.2) is 68.8 Å². The SMILES string of the molecule is C/C(=N\NC(=O)c1ccc(Br)o1)c1ccc(NC(=O)c2ccc3c(c2)OCO3)cc1. The van der Waals surface area contributed by atoms with Crippen LogP contribution in [0.25, 0.3) is 0 Å². The van der Waals surface area contributed by atoms with E-state index in [1.807, 2.05) is 0 Å². The largest absolute Gasteiger partial charge is 0.454 e. The Hall–Kier alpha value is -3.59. The molecule has 3 aromatic rings. The second kappa shape index (κ2) is 8.42. The number of fused-ring (bicyclic) bond motifs is 1. The van der Waals surface area contributed by atoms with Gasteiger partial charge in [-0.1, -0.05) is 12.1 Å². The minimum Gasteiger partial charge on any atom is -0.454 e. The van der Waals surface area contributed by atoms with Crippen molar-refractivity contribution in [3.05, 3.63) is 76.2 Å². The molecule has 0 fully saturated rings. The third-order valence-electron chi connectivity index (χ3n) is 4.32. The maximum absolute atomic E-state index is 12.5. The number of carbonyl (C=O) groups is 2. The first-order valence-electron chi connectivity index (χ1n) is 8.91.